The van der Waals surface area contributed by atoms with Crippen LogP contribution < -0.4 is 10.4 Å². The summed E-state index contributed by atoms with van der Waals surface area (Å²) in [6.07, 6.45) is 0. The van der Waals surface area contributed by atoms with Gasteiger partial charge in [-0.25, -0.2) is 0 Å². The molecule has 2 rings (SSSR count). The van der Waals surface area contributed by atoms with Crippen LogP contribution in [0.5, 0.6) is 0 Å². The van der Waals surface area contributed by atoms with Crippen molar-refractivity contribution in [3.63, 3.8) is 0 Å². The molecule has 93 valence electrons. The molecule has 18 heavy (non-hydrogen) atoms. The standard InChI is InChI=1S/C16H19Si.O/c1-16(2,3)17(14-10-6-4-7-11-14)15-12-8-5-9-13-15;/h4-13H,1-3H3;. The van der Waals surface area contributed by atoms with Gasteiger partial charge in [-0.15, -0.1) is 0 Å². The molecule has 0 fully saturated rings. The van der Waals surface area contributed by atoms with Crippen LogP contribution in [0.1, 0.15) is 20.8 Å². The molecule has 2 heteroatoms. The normalized spacial score (nSPS) is 11.1. The highest BCUT2D eigenvalue weighted by molar-refractivity contribution is 6.87. The van der Waals surface area contributed by atoms with Crippen molar-refractivity contribution in [2.24, 2.45) is 0 Å². The second-order valence-corrected chi connectivity index (χ2v) is 8.76. The molecule has 2 aromatic rings. The quantitative estimate of drug-likeness (QED) is 0.738. The monoisotopic (exact) mass is 255 g/mol. The van der Waals surface area contributed by atoms with Crippen molar-refractivity contribution >= 4 is 19.2 Å². The lowest BCUT2D eigenvalue weighted by Crippen LogP contribution is -2.48. The summed E-state index contributed by atoms with van der Waals surface area (Å²) in [7, 11) is -0.715. The van der Waals surface area contributed by atoms with Crippen molar-refractivity contribution in [1.82, 2.24) is 0 Å². The average molecular weight is 255 g/mol. The molecule has 0 atom stereocenters. The van der Waals surface area contributed by atoms with Crippen molar-refractivity contribution in [3.05, 3.63) is 60.7 Å². The number of hydrogen-bond acceptors (Lipinski definition) is 0. The topological polar surface area (TPSA) is 28.5 Å². The van der Waals surface area contributed by atoms with E-state index in [-0.39, 0.29) is 5.48 Å². The summed E-state index contributed by atoms with van der Waals surface area (Å²) in [5.74, 6) is 0. The lowest BCUT2D eigenvalue weighted by Gasteiger charge is -2.29. The molecule has 0 spiro atoms. The van der Waals surface area contributed by atoms with Gasteiger partial charge in [0, 0.05) is 5.48 Å². The Hall–Kier alpha value is -1.38. The molecule has 1 nitrogen and oxygen atoms in total. The van der Waals surface area contributed by atoms with Gasteiger partial charge in [0.05, 0.1) is 0 Å². The molecule has 0 aliphatic rings. The molecule has 2 aromatic carbocycles. The Kier molecular flexibility index (Phi) is 4.88. The smallest absolute Gasteiger partial charge is 0.0628 e. The lowest BCUT2D eigenvalue weighted by atomic mass is 10.2. The minimum atomic E-state index is -0.715. The van der Waals surface area contributed by atoms with Crippen LogP contribution >= 0.6 is 0 Å². The number of hydrogen-bond donors (Lipinski definition) is 0. The van der Waals surface area contributed by atoms with E-state index in [9.17, 15) is 0 Å². The number of rotatable bonds is 2. The predicted molar refractivity (Wildman–Crippen MR) is 78.3 cm³/mol. The Balaban J connectivity index is 0.00000162. The average Bonchev–Trinajstić information content (AvgIpc) is 2.30. The third-order valence-electron chi connectivity index (χ3n) is 2.87. The summed E-state index contributed by atoms with van der Waals surface area (Å²) in [5, 5.41) is 3.32. The first-order chi connectivity index (χ1) is 8.09. The SMILES string of the molecule is CC(C)(C)[Si](c1ccccc1)c1ccccc1.[O]. The van der Waals surface area contributed by atoms with Crippen LogP contribution in [0, 0.1) is 0 Å². The molecule has 0 aliphatic heterocycles. The van der Waals surface area contributed by atoms with E-state index in [1.165, 1.54) is 10.4 Å². The molecule has 0 heterocycles. The Bertz CT molecular complexity index is 420. The molecular weight excluding hydrogens is 236 g/mol. The lowest BCUT2D eigenvalue weighted by molar-refractivity contribution is 0.686. The van der Waals surface area contributed by atoms with E-state index in [0.29, 0.717) is 5.04 Å². The summed E-state index contributed by atoms with van der Waals surface area (Å²) in [5.41, 5.74) is 0. The Morgan fingerprint density at radius 2 is 1.00 bits per heavy atom. The second kappa shape index (κ2) is 5.98. The maximum atomic E-state index is 2.35. The van der Waals surface area contributed by atoms with Crippen LogP contribution in [-0.4, -0.2) is 8.80 Å². The van der Waals surface area contributed by atoms with Gasteiger partial charge in [0.2, 0.25) is 0 Å². The highest BCUT2D eigenvalue weighted by Crippen LogP contribution is 2.26. The first-order valence-corrected chi connectivity index (χ1v) is 7.57. The predicted octanol–water partition coefficient (Wildman–Crippen LogP) is 2.98. The summed E-state index contributed by atoms with van der Waals surface area (Å²) in [6.45, 7) is 7.05. The Morgan fingerprint density at radius 1 is 0.667 bits per heavy atom. The first kappa shape index (κ1) is 14.7. The molecule has 0 N–H and O–H groups in total. The molecule has 0 bridgehead atoms. The zero-order valence-corrected chi connectivity index (χ0v) is 12.2. The van der Waals surface area contributed by atoms with Gasteiger partial charge in [0.25, 0.3) is 0 Å². The highest BCUT2D eigenvalue weighted by atomic mass is 28.3. The minimum Gasteiger partial charge on any atom is -0.0628 e. The molecular formula is C16H19OSi. The first-order valence-electron chi connectivity index (χ1n) is 6.07. The fourth-order valence-electron chi connectivity index (χ4n) is 2.24. The minimum absolute atomic E-state index is 0. The molecule has 0 unspecified atom stereocenters. The molecule has 0 aromatic heterocycles. The molecule has 3 radical (unpaired) electrons. The van der Waals surface area contributed by atoms with Crippen LogP contribution in [0.3, 0.4) is 0 Å². The summed E-state index contributed by atoms with van der Waals surface area (Å²) in [4.78, 5) is 0. The molecule has 0 saturated carbocycles. The van der Waals surface area contributed by atoms with Crippen molar-refractivity contribution in [1.29, 1.82) is 0 Å². The van der Waals surface area contributed by atoms with E-state index in [4.69, 9.17) is 0 Å². The summed E-state index contributed by atoms with van der Waals surface area (Å²) < 4.78 is 0. The summed E-state index contributed by atoms with van der Waals surface area (Å²) >= 11 is 0. The summed E-state index contributed by atoms with van der Waals surface area (Å²) in [6, 6.07) is 21.9. The van der Waals surface area contributed by atoms with Crippen LogP contribution in [0.2, 0.25) is 5.04 Å². The van der Waals surface area contributed by atoms with Gasteiger partial charge in [-0.05, 0) is 5.04 Å². The van der Waals surface area contributed by atoms with Crippen molar-refractivity contribution in [2.45, 2.75) is 25.8 Å². The van der Waals surface area contributed by atoms with Gasteiger partial charge < -0.3 is 0 Å². The largest absolute Gasteiger partial charge is 0.126 e. The second-order valence-electron chi connectivity index (χ2n) is 5.36. The fourth-order valence-corrected chi connectivity index (χ4v) is 5.36. The van der Waals surface area contributed by atoms with E-state index in [2.05, 4.69) is 81.4 Å². The third kappa shape index (κ3) is 3.31. The highest BCUT2D eigenvalue weighted by Gasteiger charge is 2.29. The van der Waals surface area contributed by atoms with E-state index >= 15 is 0 Å². The van der Waals surface area contributed by atoms with Gasteiger partial charge >= 0.3 is 0 Å². The molecule has 0 amide bonds. The van der Waals surface area contributed by atoms with Gasteiger partial charge in [0.1, 0.15) is 8.80 Å². The Labute approximate surface area is 111 Å². The zero-order chi connectivity index (χ0) is 12.3. The maximum absolute atomic E-state index is 2.35. The zero-order valence-electron chi connectivity index (χ0n) is 11.2. The Morgan fingerprint density at radius 3 is 1.28 bits per heavy atom. The van der Waals surface area contributed by atoms with Gasteiger partial charge in [-0.1, -0.05) is 91.8 Å². The van der Waals surface area contributed by atoms with E-state index < -0.39 is 8.80 Å². The van der Waals surface area contributed by atoms with E-state index in [1.54, 1.807) is 0 Å². The van der Waals surface area contributed by atoms with Gasteiger partial charge in [0.15, 0.2) is 0 Å². The third-order valence-corrected chi connectivity index (χ3v) is 6.20. The number of benzene rings is 2. The van der Waals surface area contributed by atoms with E-state index in [1.807, 2.05) is 0 Å². The van der Waals surface area contributed by atoms with Crippen molar-refractivity contribution in [2.75, 3.05) is 0 Å². The molecule has 0 saturated heterocycles. The van der Waals surface area contributed by atoms with Crippen molar-refractivity contribution < 1.29 is 5.48 Å². The van der Waals surface area contributed by atoms with Crippen molar-refractivity contribution in [3.8, 4) is 0 Å². The fraction of sp³-hybridized carbons (Fsp3) is 0.250. The molecule has 0 aliphatic carbocycles. The maximum Gasteiger partial charge on any atom is 0.126 e. The van der Waals surface area contributed by atoms with E-state index in [0.717, 1.165) is 0 Å². The van der Waals surface area contributed by atoms with Crippen LogP contribution in [0.15, 0.2) is 60.7 Å². The van der Waals surface area contributed by atoms with Gasteiger partial charge in [-0.2, -0.15) is 0 Å². The van der Waals surface area contributed by atoms with Crippen LogP contribution in [-0.2, 0) is 5.48 Å². The van der Waals surface area contributed by atoms with Crippen LogP contribution in [0.25, 0.3) is 0 Å². The van der Waals surface area contributed by atoms with Crippen LogP contribution in [0.4, 0.5) is 0 Å². The van der Waals surface area contributed by atoms with Gasteiger partial charge in [-0.3, -0.25) is 0 Å².